The third-order valence-electron chi connectivity index (χ3n) is 10.3. The van der Waals surface area contributed by atoms with Gasteiger partial charge in [0.05, 0.1) is 0 Å². The average Bonchev–Trinajstić information content (AvgIpc) is 3.52. The molecule has 4 heterocycles. The molecule has 1 aliphatic heterocycles. The van der Waals surface area contributed by atoms with Gasteiger partial charge in [0, 0.05) is 71.0 Å². The van der Waals surface area contributed by atoms with E-state index in [1.165, 1.54) is 33.5 Å². The molecule has 6 aromatic carbocycles. The predicted molar refractivity (Wildman–Crippen MR) is 213 cm³/mol. The first kappa shape index (κ1) is 30.1. The maximum atomic E-state index is 6.48. The van der Waals surface area contributed by atoms with E-state index in [1.54, 1.807) is 0 Å². The van der Waals surface area contributed by atoms with E-state index in [4.69, 9.17) is 4.42 Å². The van der Waals surface area contributed by atoms with Gasteiger partial charge in [-0.15, -0.1) is 0 Å². The summed E-state index contributed by atoms with van der Waals surface area (Å²) in [5, 5.41) is 2.29. The number of anilines is 1. The zero-order chi connectivity index (χ0) is 34.4. The standard InChI is InChI=1S/C48H33N3O/c1-2-11-41(12-3-1)51-30-36-18-17-32(37-24-38(34-9-7-21-49-28-34)26-39(25-37)35-10-8-22-50-29-35)27-46(36)42-20-19-33(23-40(42)31-51)43-14-6-15-45-44-13-4-5-16-47(44)52-48(43)45/h1-29H,30-31H2. The number of pyridine rings is 2. The van der Waals surface area contributed by atoms with Gasteiger partial charge >= 0.3 is 0 Å². The van der Waals surface area contributed by atoms with E-state index in [2.05, 4.69) is 148 Å². The van der Waals surface area contributed by atoms with Crippen LogP contribution in [0.1, 0.15) is 11.1 Å². The van der Waals surface area contributed by atoms with Gasteiger partial charge in [0.25, 0.3) is 0 Å². The minimum absolute atomic E-state index is 0.787. The number of fused-ring (bicyclic) bond motifs is 6. The first-order valence-corrected chi connectivity index (χ1v) is 17.7. The summed E-state index contributed by atoms with van der Waals surface area (Å²) in [5.74, 6) is 0. The molecule has 0 N–H and O–H groups in total. The topological polar surface area (TPSA) is 42.2 Å². The van der Waals surface area contributed by atoms with Crippen molar-refractivity contribution in [2.75, 3.05) is 4.90 Å². The summed E-state index contributed by atoms with van der Waals surface area (Å²) in [7, 11) is 0. The molecule has 3 aromatic heterocycles. The molecule has 0 atom stereocenters. The highest BCUT2D eigenvalue weighted by molar-refractivity contribution is 6.09. The molecule has 10 rings (SSSR count). The Balaban J connectivity index is 1.14. The largest absolute Gasteiger partial charge is 0.455 e. The first-order valence-electron chi connectivity index (χ1n) is 17.7. The normalized spacial score (nSPS) is 12.4. The van der Waals surface area contributed by atoms with Crippen LogP contribution in [0.5, 0.6) is 0 Å². The average molecular weight is 668 g/mol. The molecule has 0 saturated carbocycles. The highest BCUT2D eigenvalue weighted by Crippen LogP contribution is 2.42. The highest BCUT2D eigenvalue weighted by Gasteiger charge is 2.22. The number of hydrogen-bond acceptors (Lipinski definition) is 4. The van der Waals surface area contributed by atoms with Crippen LogP contribution in [0.15, 0.2) is 181 Å². The lowest BCUT2D eigenvalue weighted by molar-refractivity contribution is 0.670. The van der Waals surface area contributed by atoms with E-state index < -0.39 is 0 Å². The molecule has 9 aromatic rings. The third kappa shape index (κ3) is 5.33. The molecule has 0 radical (unpaired) electrons. The lowest BCUT2D eigenvalue weighted by atomic mass is 9.89. The summed E-state index contributed by atoms with van der Waals surface area (Å²) in [5.41, 5.74) is 17.2. The fourth-order valence-corrected chi connectivity index (χ4v) is 7.76. The molecular weight excluding hydrogens is 635 g/mol. The Hall–Kier alpha value is -6.78. The van der Waals surface area contributed by atoms with Crippen molar-refractivity contribution in [1.82, 2.24) is 9.97 Å². The quantitative estimate of drug-likeness (QED) is 0.183. The lowest BCUT2D eigenvalue weighted by Crippen LogP contribution is -2.20. The number of hydrogen-bond donors (Lipinski definition) is 0. The molecule has 4 heteroatoms. The van der Waals surface area contributed by atoms with E-state index >= 15 is 0 Å². The van der Waals surface area contributed by atoms with Crippen LogP contribution in [-0.4, -0.2) is 9.97 Å². The van der Waals surface area contributed by atoms with Crippen LogP contribution in [0.25, 0.3) is 77.6 Å². The van der Waals surface area contributed by atoms with Gasteiger partial charge in [-0.2, -0.15) is 0 Å². The van der Waals surface area contributed by atoms with E-state index in [-0.39, 0.29) is 0 Å². The van der Waals surface area contributed by atoms with Crippen molar-refractivity contribution in [3.63, 3.8) is 0 Å². The Morgan fingerprint density at radius 2 is 1.10 bits per heavy atom. The molecule has 0 bridgehead atoms. The number of nitrogens with zero attached hydrogens (tertiary/aromatic N) is 3. The van der Waals surface area contributed by atoms with E-state index in [0.29, 0.717) is 0 Å². The second-order valence-electron chi connectivity index (χ2n) is 13.5. The molecule has 1 aliphatic rings. The Bertz CT molecular complexity index is 2680. The summed E-state index contributed by atoms with van der Waals surface area (Å²) in [6.07, 6.45) is 7.50. The lowest BCUT2D eigenvalue weighted by Gasteiger charge is -2.24. The van der Waals surface area contributed by atoms with Crippen LogP contribution in [0.4, 0.5) is 5.69 Å². The number of rotatable bonds is 5. The van der Waals surface area contributed by atoms with Crippen LogP contribution < -0.4 is 4.90 Å². The van der Waals surface area contributed by atoms with Crippen LogP contribution in [0.2, 0.25) is 0 Å². The van der Waals surface area contributed by atoms with Crippen molar-refractivity contribution in [2.45, 2.75) is 13.1 Å². The minimum atomic E-state index is 0.787. The molecular formula is C48H33N3O. The Morgan fingerprint density at radius 3 is 1.85 bits per heavy atom. The summed E-state index contributed by atoms with van der Waals surface area (Å²) >= 11 is 0. The summed E-state index contributed by atoms with van der Waals surface area (Å²) in [6, 6.07) is 54.5. The molecule has 4 nitrogen and oxygen atoms in total. The van der Waals surface area contributed by atoms with Crippen LogP contribution in [0.3, 0.4) is 0 Å². The van der Waals surface area contributed by atoms with Crippen molar-refractivity contribution >= 4 is 27.6 Å². The Kier molecular flexibility index (Phi) is 7.24. The van der Waals surface area contributed by atoms with Gasteiger partial charge in [-0.25, -0.2) is 0 Å². The molecule has 0 fully saturated rings. The molecule has 0 unspecified atom stereocenters. The zero-order valence-corrected chi connectivity index (χ0v) is 28.4. The van der Waals surface area contributed by atoms with Crippen LogP contribution in [0, 0.1) is 0 Å². The summed E-state index contributed by atoms with van der Waals surface area (Å²) in [6.45, 7) is 1.59. The van der Waals surface area contributed by atoms with Crippen LogP contribution in [-0.2, 0) is 13.1 Å². The SMILES string of the molecule is c1ccc(N2Cc3cc(-c4cccc5c4oc4ccccc45)ccc3-c3cc(-c4cc(-c5cccnc5)cc(-c5cccnc5)c4)ccc3C2)cc1. The van der Waals surface area contributed by atoms with Crippen molar-refractivity contribution < 1.29 is 4.42 Å². The van der Waals surface area contributed by atoms with Crippen molar-refractivity contribution in [2.24, 2.45) is 0 Å². The van der Waals surface area contributed by atoms with Gasteiger partial charge < -0.3 is 9.32 Å². The number of benzene rings is 6. The van der Waals surface area contributed by atoms with E-state index in [0.717, 1.165) is 74.0 Å². The predicted octanol–water partition coefficient (Wildman–Crippen LogP) is 12.2. The van der Waals surface area contributed by atoms with Gasteiger partial charge in [-0.3, -0.25) is 9.97 Å². The maximum Gasteiger partial charge on any atom is 0.143 e. The first-order chi connectivity index (χ1) is 25.7. The number of furan rings is 1. The van der Waals surface area contributed by atoms with Gasteiger partial charge in [-0.05, 0) is 111 Å². The van der Waals surface area contributed by atoms with Gasteiger partial charge in [0.2, 0.25) is 0 Å². The van der Waals surface area contributed by atoms with Gasteiger partial charge in [0.1, 0.15) is 11.2 Å². The van der Waals surface area contributed by atoms with Gasteiger partial charge in [0.15, 0.2) is 0 Å². The fraction of sp³-hybridized carbons (Fsp3) is 0.0417. The van der Waals surface area contributed by atoms with Crippen LogP contribution >= 0.6 is 0 Å². The Morgan fingerprint density at radius 1 is 0.423 bits per heavy atom. The smallest absolute Gasteiger partial charge is 0.143 e. The van der Waals surface area contributed by atoms with Crippen molar-refractivity contribution in [3.8, 4) is 55.6 Å². The number of para-hydroxylation sites is 3. The monoisotopic (exact) mass is 667 g/mol. The fourth-order valence-electron chi connectivity index (χ4n) is 7.76. The molecule has 0 amide bonds. The molecule has 0 saturated heterocycles. The summed E-state index contributed by atoms with van der Waals surface area (Å²) in [4.78, 5) is 11.3. The summed E-state index contributed by atoms with van der Waals surface area (Å²) < 4.78 is 6.48. The van der Waals surface area contributed by atoms with E-state index in [1.807, 2.05) is 43.0 Å². The molecule has 0 spiro atoms. The zero-order valence-electron chi connectivity index (χ0n) is 28.4. The van der Waals surface area contributed by atoms with Gasteiger partial charge in [-0.1, -0.05) is 91.0 Å². The van der Waals surface area contributed by atoms with E-state index in [9.17, 15) is 0 Å². The van der Waals surface area contributed by atoms with Crippen molar-refractivity contribution in [1.29, 1.82) is 0 Å². The Labute approximate surface area is 302 Å². The highest BCUT2D eigenvalue weighted by atomic mass is 16.3. The second-order valence-corrected chi connectivity index (χ2v) is 13.5. The third-order valence-corrected chi connectivity index (χ3v) is 10.3. The molecule has 246 valence electrons. The molecule has 0 aliphatic carbocycles. The second kappa shape index (κ2) is 12.5. The maximum absolute atomic E-state index is 6.48. The van der Waals surface area contributed by atoms with Crippen molar-refractivity contribution in [3.05, 3.63) is 188 Å². The molecule has 52 heavy (non-hydrogen) atoms. The minimum Gasteiger partial charge on any atom is -0.455 e. The number of aromatic nitrogens is 2.